The van der Waals surface area contributed by atoms with Gasteiger partial charge in [-0.2, -0.15) is 23.3 Å². The van der Waals surface area contributed by atoms with Gasteiger partial charge in [0.2, 0.25) is 5.96 Å². The molecule has 6 nitrogen and oxygen atoms in total. The zero-order valence-electron chi connectivity index (χ0n) is 16.3. The number of nitrogens with zero attached hydrogens (tertiary/aromatic N) is 2. The Bertz CT molecular complexity index is 1180. The molecular weight excluding hydrogens is 457 g/mol. The van der Waals surface area contributed by atoms with E-state index in [4.69, 9.17) is 11.6 Å². The number of hydrogen-bond donors (Lipinski definition) is 3. The third kappa shape index (κ3) is 5.82. The van der Waals surface area contributed by atoms with Gasteiger partial charge in [-0.1, -0.05) is 23.7 Å². The average Bonchev–Trinajstić information content (AvgIpc) is 3.18. The Morgan fingerprint density at radius 3 is 2.53 bits per heavy atom. The van der Waals surface area contributed by atoms with Crippen molar-refractivity contribution in [2.75, 3.05) is 5.32 Å². The summed E-state index contributed by atoms with van der Waals surface area (Å²) in [5.41, 5.74) is -0.510. The molecule has 0 aliphatic rings. The minimum atomic E-state index is -4.68. The molecule has 0 spiro atoms. The second-order valence-corrected chi connectivity index (χ2v) is 7.02. The molecule has 12 heteroatoms. The Kier molecular flexibility index (Phi) is 6.78. The molecule has 0 bridgehead atoms. The van der Waals surface area contributed by atoms with Crippen LogP contribution in [0.3, 0.4) is 0 Å². The number of guanidine groups is 1. The minimum absolute atomic E-state index is 0.0548. The molecule has 168 valence electrons. The van der Waals surface area contributed by atoms with Crippen molar-refractivity contribution in [3.05, 3.63) is 81.5 Å². The molecule has 3 aromatic rings. The second-order valence-electron chi connectivity index (χ2n) is 6.61. The number of halogens is 6. The number of aromatic nitrogens is 2. The van der Waals surface area contributed by atoms with Gasteiger partial charge in [-0.05, 0) is 42.3 Å². The molecule has 0 unspecified atom stereocenters. The zero-order chi connectivity index (χ0) is 23.5. The molecular formula is C20H15ClF5N5O. The second kappa shape index (κ2) is 9.35. The van der Waals surface area contributed by atoms with E-state index in [9.17, 15) is 26.7 Å². The number of nitrogens with one attached hydrogen (secondary N) is 3. The smallest absolute Gasteiger partial charge is 0.352 e. The third-order valence-corrected chi connectivity index (χ3v) is 4.57. The van der Waals surface area contributed by atoms with Gasteiger partial charge in [-0.25, -0.2) is 8.78 Å². The number of aromatic amines is 1. The van der Waals surface area contributed by atoms with Crippen LogP contribution >= 0.6 is 11.6 Å². The first-order valence-corrected chi connectivity index (χ1v) is 9.37. The van der Waals surface area contributed by atoms with Crippen LogP contribution in [-0.2, 0) is 12.7 Å². The molecule has 3 rings (SSSR count). The first kappa shape index (κ1) is 23.2. The standard InChI is InChI=1S/C20H15ClF5N5O/c1-10-2-3-11(6-15(10)23)18(32)29-19(27-9-12-4-5-13(22)7-14(12)21)28-17-8-16(30-31-17)20(24,25)26/h2-8H,9H2,1H3,(H3,27,28,29,30,31,32). The molecule has 1 heterocycles. The first-order valence-electron chi connectivity index (χ1n) is 8.99. The van der Waals surface area contributed by atoms with Gasteiger partial charge < -0.3 is 10.6 Å². The van der Waals surface area contributed by atoms with E-state index in [-0.39, 0.29) is 28.9 Å². The largest absolute Gasteiger partial charge is 0.435 e. The SMILES string of the molecule is Cc1ccc(C(=O)/N=C(/NCc2ccc(F)cc2Cl)Nc2cc(C(F)(F)F)n[nH]2)cc1F. The topological polar surface area (TPSA) is 82.2 Å². The van der Waals surface area contributed by atoms with E-state index in [1.807, 2.05) is 0 Å². The van der Waals surface area contributed by atoms with Crippen LogP contribution in [-0.4, -0.2) is 22.1 Å². The number of aliphatic imine (C=N–C) groups is 1. The molecule has 1 amide bonds. The van der Waals surface area contributed by atoms with E-state index in [0.29, 0.717) is 17.2 Å². The number of carbonyl (C=O) groups excluding carboxylic acids is 1. The van der Waals surface area contributed by atoms with Crippen molar-refractivity contribution in [1.29, 1.82) is 0 Å². The van der Waals surface area contributed by atoms with Crippen molar-refractivity contribution in [1.82, 2.24) is 15.5 Å². The van der Waals surface area contributed by atoms with Gasteiger partial charge in [0.05, 0.1) is 0 Å². The molecule has 0 aliphatic heterocycles. The van der Waals surface area contributed by atoms with Gasteiger partial charge in [0.15, 0.2) is 5.69 Å². The number of amides is 1. The van der Waals surface area contributed by atoms with Crippen molar-refractivity contribution in [2.45, 2.75) is 19.6 Å². The highest BCUT2D eigenvalue weighted by Crippen LogP contribution is 2.28. The van der Waals surface area contributed by atoms with E-state index in [1.54, 1.807) is 0 Å². The molecule has 32 heavy (non-hydrogen) atoms. The fourth-order valence-corrected chi connectivity index (χ4v) is 2.74. The van der Waals surface area contributed by atoms with Gasteiger partial charge in [0, 0.05) is 23.2 Å². The highest BCUT2D eigenvalue weighted by Gasteiger charge is 2.34. The Balaban J connectivity index is 1.86. The maximum atomic E-state index is 13.8. The Morgan fingerprint density at radius 1 is 1.16 bits per heavy atom. The Morgan fingerprint density at radius 2 is 1.91 bits per heavy atom. The third-order valence-electron chi connectivity index (χ3n) is 4.21. The van der Waals surface area contributed by atoms with E-state index in [0.717, 1.165) is 18.2 Å². The van der Waals surface area contributed by atoms with Crippen molar-refractivity contribution >= 4 is 29.3 Å². The summed E-state index contributed by atoms with van der Waals surface area (Å²) in [5.74, 6) is -2.51. The van der Waals surface area contributed by atoms with E-state index in [2.05, 4.69) is 25.8 Å². The summed E-state index contributed by atoms with van der Waals surface area (Å²) < 4.78 is 65.4. The van der Waals surface area contributed by atoms with E-state index in [1.165, 1.54) is 25.1 Å². The number of aryl methyl sites for hydroxylation is 1. The number of carbonyl (C=O) groups is 1. The average molecular weight is 472 g/mol. The number of rotatable bonds is 4. The summed E-state index contributed by atoms with van der Waals surface area (Å²) in [7, 11) is 0. The molecule has 0 radical (unpaired) electrons. The van der Waals surface area contributed by atoms with Gasteiger partial charge >= 0.3 is 6.18 Å². The fourth-order valence-electron chi connectivity index (χ4n) is 2.51. The predicted molar refractivity (Wildman–Crippen MR) is 108 cm³/mol. The predicted octanol–water partition coefficient (Wildman–Crippen LogP) is 5.07. The lowest BCUT2D eigenvalue weighted by molar-refractivity contribution is -0.141. The van der Waals surface area contributed by atoms with Crippen LogP contribution in [0.25, 0.3) is 0 Å². The summed E-state index contributed by atoms with van der Waals surface area (Å²) in [5, 5.41) is 10.6. The quantitative estimate of drug-likeness (QED) is 0.282. The monoisotopic (exact) mass is 471 g/mol. The van der Waals surface area contributed by atoms with Crippen LogP contribution in [0.4, 0.5) is 27.8 Å². The number of alkyl halides is 3. The maximum Gasteiger partial charge on any atom is 0.435 e. The zero-order valence-corrected chi connectivity index (χ0v) is 17.1. The van der Waals surface area contributed by atoms with Crippen LogP contribution in [0.1, 0.15) is 27.2 Å². The molecule has 3 N–H and O–H groups in total. The summed E-state index contributed by atoms with van der Waals surface area (Å²) in [6, 6.07) is 8.05. The summed E-state index contributed by atoms with van der Waals surface area (Å²) in [6.07, 6.45) is -4.68. The molecule has 0 aliphatic carbocycles. The fraction of sp³-hybridized carbons (Fsp3) is 0.150. The lowest BCUT2D eigenvalue weighted by atomic mass is 10.1. The molecule has 0 fully saturated rings. The van der Waals surface area contributed by atoms with Gasteiger partial charge in [-0.15, -0.1) is 0 Å². The van der Waals surface area contributed by atoms with Crippen LogP contribution in [0.2, 0.25) is 5.02 Å². The summed E-state index contributed by atoms with van der Waals surface area (Å²) >= 11 is 5.97. The lowest BCUT2D eigenvalue weighted by Crippen LogP contribution is -2.31. The van der Waals surface area contributed by atoms with E-state index < -0.39 is 29.4 Å². The van der Waals surface area contributed by atoms with Crippen LogP contribution < -0.4 is 10.6 Å². The highest BCUT2D eigenvalue weighted by atomic mass is 35.5. The van der Waals surface area contributed by atoms with Gasteiger partial charge in [0.1, 0.15) is 17.5 Å². The Hall–Kier alpha value is -3.47. The van der Waals surface area contributed by atoms with Crippen LogP contribution in [0.5, 0.6) is 0 Å². The lowest BCUT2D eigenvalue weighted by Gasteiger charge is -2.12. The van der Waals surface area contributed by atoms with Gasteiger partial charge in [0.25, 0.3) is 5.91 Å². The van der Waals surface area contributed by atoms with Crippen LogP contribution in [0.15, 0.2) is 47.5 Å². The number of H-pyrrole nitrogens is 1. The summed E-state index contributed by atoms with van der Waals surface area (Å²) in [4.78, 5) is 16.3. The Labute approximate surface area is 183 Å². The van der Waals surface area contributed by atoms with E-state index >= 15 is 0 Å². The highest BCUT2D eigenvalue weighted by molar-refractivity contribution is 6.31. The maximum absolute atomic E-state index is 13.8. The van der Waals surface area contributed by atoms with Gasteiger partial charge in [-0.3, -0.25) is 9.89 Å². The molecule has 0 atom stereocenters. The van der Waals surface area contributed by atoms with Crippen LogP contribution in [0, 0.1) is 18.6 Å². The number of anilines is 1. The van der Waals surface area contributed by atoms with Crippen molar-refractivity contribution < 1.29 is 26.7 Å². The molecule has 2 aromatic carbocycles. The minimum Gasteiger partial charge on any atom is -0.352 e. The number of benzene rings is 2. The number of hydrogen-bond acceptors (Lipinski definition) is 2. The first-order chi connectivity index (χ1) is 15.0. The summed E-state index contributed by atoms with van der Waals surface area (Å²) in [6.45, 7) is 1.46. The molecule has 0 saturated heterocycles. The molecule has 0 saturated carbocycles. The normalized spacial score (nSPS) is 12.0. The molecule has 1 aromatic heterocycles. The van der Waals surface area contributed by atoms with Crippen molar-refractivity contribution in [3.63, 3.8) is 0 Å². The van der Waals surface area contributed by atoms with Crippen molar-refractivity contribution in [2.24, 2.45) is 4.99 Å². The van der Waals surface area contributed by atoms with Crippen molar-refractivity contribution in [3.8, 4) is 0 Å².